The third-order valence-corrected chi connectivity index (χ3v) is 3.80. The summed E-state index contributed by atoms with van der Waals surface area (Å²) in [5.41, 5.74) is 6.21. The Labute approximate surface area is 183 Å². The second-order valence-electron chi connectivity index (χ2n) is 5.45. The van der Waals surface area contributed by atoms with E-state index in [0.29, 0.717) is 0 Å². The van der Waals surface area contributed by atoms with Gasteiger partial charge in [0.2, 0.25) is 5.91 Å². The number of carbonyl (C=O) groups excluding carboxylic acids is 2. The average molecular weight is 427 g/mol. The molecule has 0 aromatic heterocycles. The minimum Gasteiger partial charge on any atom is -0.394 e. The van der Waals surface area contributed by atoms with Gasteiger partial charge in [0.1, 0.15) is 11.7 Å². The van der Waals surface area contributed by atoms with Crippen LogP contribution >= 0.6 is 12.6 Å². The highest BCUT2D eigenvalue weighted by Crippen LogP contribution is 2.20. The smallest absolute Gasteiger partial charge is 0.268 e. The molecule has 29 heavy (non-hydrogen) atoms. The Morgan fingerprint density at radius 1 is 1.21 bits per heavy atom. The fraction of sp³-hybridized carbons (Fsp3) is 0.455. The molecule has 0 bridgehead atoms. The molecule has 6 nitrogen and oxygen atoms in total. The first kappa shape index (κ1) is 31.4. The van der Waals surface area contributed by atoms with Crippen LogP contribution in [0.25, 0.3) is 0 Å². The van der Waals surface area contributed by atoms with Crippen LogP contribution in [0.1, 0.15) is 66.9 Å². The Morgan fingerprint density at radius 2 is 1.69 bits per heavy atom. The van der Waals surface area contributed by atoms with Crippen LogP contribution < -0.4 is 22.5 Å². The fourth-order valence-corrected chi connectivity index (χ4v) is 2.17. The van der Waals surface area contributed by atoms with Gasteiger partial charge in [-0.3, -0.25) is 9.59 Å². The Bertz CT molecular complexity index is 594. The molecule has 0 spiro atoms. The van der Waals surface area contributed by atoms with E-state index in [0.717, 1.165) is 24.8 Å². The van der Waals surface area contributed by atoms with Crippen LogP contribution in [-0.4, -0.2) is 17.9 Å². The number of benzene rings is 1. The van der Waals surface area contributed by atoms with Crippen molar-refractivity contribution in [3.63, 3.8) is 0 Å². The molecule has 2 amide bonds. The van der Waals surface area contributed by atoms with Gasteiger partial charge >= 0.3 is 0 Å². The summed E-state index contributed by atoms with van der Waals surface area (Å²) >= 11 is 3.85. The van der Waals surface area contributed by atoms with Crippen LogP contribution in [0.4, 0.5) is 0 Å². The van der Waals surface area contributed by atoms with Crippen LogP contribution in [-0.2, 0) is 9.59 Å². The molecule has 1 aromatic carbocycles. The molecule has 1 aromatic rings. The Kier molecular flexibility index (Phi) is 22.2. The molecule has 0 saturated heterocycles. The molecule has 1 fully saturated rings. The van der Waals surface area contributed by atoms with Crippen molar-refractivity contribution < 1.29 is 11.0 Å². The van der Waals surface area contributed by atoms with Gasteiger partial charge in [-0.25, -0.2) is 0 Å². The number of hydrogen-bond donors (Lipinski definition) is 5. The molecular weight excluding hydrogens is 384 g/mol. The summed E-state index contributed by atoms with van der Waals surface area (Å²) in [6, 6.07) is 8.54. The van der Waals surface area contributed by atoms with Gasteiger partial charge in [-0.15, -0.1) is 19.2 Å². The Morgan fingerprint density at radius 3 is 2.07 bits per heavy atom. The molecule has 7 N–H and O–H groups in total. The van der Waals surface area contributed by atoms with E-state index >= 15 is 0 Å². The fourth-order valence-electron chi connectivity index (χ4n) is 2.06. The lowest BCUT2D eigenvalue weighted by Crippen LogP contribution is -2.47. The maximum absolute atomic E-state index is 12.4. The van der Waals surface area contributed by atoms with Crippen molar-refractivity contribution >= 4 is 24.4 Å². The number of hydrogen-bond acceptors (Lipinski definition) is 5. The highest BCUT2D eigenvalue weighted by Gasteiger charge is 2.27. The molecule has 1 saturated carbocycles. The van der Waals surface area contributed by atoms with Crippen molar-refractivity contribution in [2.45, 2.75) is 66.0 Å². The zero-order valence-electron chi connectivity index (χ0n) is 18.6. The van der Waals surface area contributed by atoms with E-state index in [2.05, 4.69) is 29.8 Å². The number of carbonyl (C=O) groups is 2. The quantitative estimate of drug-likeness (QED) is 0.261. The lowest BCUT2D eigenvalue weighted by molar-refractivity contribution is -0.128. The van der Waals surface area contributed by atoms with Crippen LogP contribution in [0.5, 0.6) is 0 Å². The topological polar surface area (TPSA) is 119 Å². The monoisotopic (exact) mass is 426 g/mol. The number of rotatable bonds is 5. The highest BCUT2D eigenvalue weighted by atomic mass is 32.1. The Balaban J connectivity index is -0.000000337. The van der Waals surface area contributed by atoms with Crippen molar-refractivity contribution in [2.75, 3.05) is 0 Å². The summed E-state index contributed by atoms with van der Waals surface area (Å²) in [7, 11) is 0. The molecule has 1 atom stereocenters. The van der Waals surface area contributed by atoms with Crippen molar-refractivity contribution in [1.29, 1.82) is 0 Å². The lowest BCUT2D eigenvalue weighted by Gasteiger charge is -2.29. The van der Waals surface area contributed by atoms with Gasteiger partial charge in [0.05, 0.1) is 0 Å². The van der Waals surface area contributed by atoms with Crippen LogP contribution in [0.2, 0.25) is 0 Å². The standard InChI is InChI=1S/C15H19N3O2S.C3H6.2C2H6.H3N.H2/c16-12(9-21)14(19)18-13(10-5-2-1-3-6-10)15(20)17-11-7-4-8-11;1-3-2;2*1-2;;/h1-3,5-6,9,11,13,21H,4,7-8,16H2,(H,17,20)(H,18,19);3H,1H2,2H3;2*1-2H3;1H3;1H/b12-9-;;;;;. The second kappa shape index (κ2) is 20.5. The third kappa shape index (κ3) is 12.8. The normalized spacial score (nSPS) is 13.0. The zero-order valence-corrected chi connectivity index (χ0v) is 19.5. The molecule has 0 heterocycles. The summed E-state index contributed by atoms with van der Waals surface area (Å²) in [4.78, 5) is 24.3. The lowest BCUT2D eigenvalue weighted by atomic mass is 9.92. The summed E-state index contributed by atoms with van der Waals surface area (Å²) < 4.78 is 0. The second-order valence-corrected chi connectivity index (χ2v) is 5.70. The van der Waals surface area contributed by atoms with Gasteiger partial charge in [-0.1, -0.05) is 64.1 Å². The van der Waals surface area contributed by atoms with Crippen molar-refractivity contribution in [1.82, 2.24) is 16.8 Å². The minimum absolute atomic E-state index is 0. The Hall–Kier alpha value is -2.25. The first-order valence-corrected chi connectivity index (χ1v) is 10.4. The SMILES string of the molecule is C=CC.CC.CC.N.N/C(=C\S)C(=O)NC(C(=O)NC1CCC1)c1ccccc1.[HH]. The summed E-state index contributed by atoms with van der Waals surface area (Å²) in [5.74, 6) is -0.728. The van der Waals surface area contributed by atoms with Crippen LogP contribution in [0.3, 0.4) is 0 Å². The van der Waals surface area contributed by atoms with E-state index in [9.17, 15) is 9.59 Å². The van der Waals surface area contributed by atoms with Crippen LogP contribution in [0.15, 0.2) is 54.1 Å². The summed E-state index contributed by atoms with van der Waals surface area (Å²) in [6.45, 7) is 13.2. The van der Waals surface area contributed by atoms with Gasteiger partial charge in [0, 0.05) is 7.47 Å². The minimum atomic E-state index is -0.758. The van der Waals surface area contributed by atoms with Crippen molar-refractivity contribution in [3.05, 3.63) is 59.7 Å². The van der Waals surface area contributed by atoms with Crippen LogP contribution in [0, 0.1) is 0 Å². The highest BCUT2D eigenvalue weighted by molar-refractivity contribution is 7.83. The first-order valence-electron chi connectivity index (χ1n) is 9.86. The molecule has 1 aliphatic rings. The zero-order chi connectivity index (χ0) is 21.9. The van der Waals surface area contributed by atoms with E-state index < -0.39 is 11.9 Å². The number of allylic oxidation sites excluding steroid dienone is 1. The van der Waals surface area contributed by atoms with E-state index in [4.69, 9.17) is 5.73 Å². The van der Waals surface area contributed by atoms with E-state index in [1.807, 2.05) is 52.8 Å². The number of nitrogens with one attached hydrogen (secondary N) is 2. The van der Waals surface area contributed by atoms with Gasteiger partial charge in [0.15, 0.2) is 0 Å². The van der Waals surface area contributed by atoms with Crippen molar-refractivity contribution in [2.24, 2.45) is 5.73 Å². The first-order chi connectivity index (χ1) is 13.5. The molecular formula is C22H42N4O2S. The van der Waals surface area contributed by atoms with E-state index in [1.54, 1.807) is 18.2 Å². The summed E-state index contributed by atoms with van der Waals surface area (Å²) in [5, 5.41) is 6.80. The average Bonchev–Trinajstić information content (AvgIpc) is 2.72. The number of nitrogens with two attached hydrogens (primary N) is 1. The molecule has 0 aliphatic heterocycles. The van der Waals surface area contributed by atoms with Gasteiger partial charge in [-0.05, 0) is 37.2 Å². The summed E-state index contributed by atoms with van der Waals surface area (Å²) in [6.07, 6.45) is 4.85. The largest absolute Gasteiger partial charge is 0.394 e. The molecule has 7 heteroatoms. The van der Waals surface area contributed by atoms with Gasteiger partial charge in [-0.2, -0.15) is 0 Å². The van der Waals surface area contributed by atoms with Gasteiger partial charge < -0.3 is 22.5 Å². The van der Waals surface area contributed by atoms with Crippen molar-refractivity contribution in [3.8, 4) is 0 Å². The predicted molar refractivity (Wildman–Crippen MR) is 130 cm³/mol. The molecule has 0 radical (unpaired) electrons. The molecule has 1 unspecified atom stereocenters. The third-order valence-electron chi connectivity index (χ3n) is 3.52. The number of thiol groups is 1. The number of amides is 2. The van der Waals surface area contributed by atoms with E-state index in [-0.39, 0.29) is 25.2 Å². The molecule has 2 rings (SSSR count). The maximum atomic E-state index is 12.4. The molecule has 168 valence electrons. The van der Waals surface area contributed by atoms with Gasteiger partial charge in [0.25, 0.3) is 5.91 Å². The molecule has 1 aliphatic carbocycles. The predicted octanol–water partition coefficient (Wildman–Crippen LogP) is 4.90. The maximum Gasteiger partial charge on any atom is 0.268 e. The van der Waals surface area contributed by atoms with E-state index in [1.165, 1.54) is 5.41 Å².